The highest BCUT2D eigenvalue weighted by Gasteiger charge is 2.58. The number of nitrogens with zero attached hydrogens (tertiary/aromatic N) is 1. The van der Waals surface area contributed by atoms with Gasteiger partial charge in [0.2, 0.25) is 5.78 Å². The van der Waals surface area contributed by atoms with Crippen molar-refractivity contribution in [2.45, 2.75) is 45.3 Å². The third kappa shape index (κ3) is 4.24. The van der Waals surface area contributed by atoms with Gasteiger partial charge in [0.15, 0.2) is 28.7 Å². The second kappa shape index (κ2) is 9.95. The number of phenols is 2. The molecule has 0 aromatic heterocycles. The number of Topliss-reactive ketones (excluding diaryl/α,β-unsaturated/α-hetero) is 3. The molecule has 10 nitrogen and oxygen atoms in total. The molecule has 5 N–H and O–H groups in total. The number of benzene rings is 2. The van der Waals surface area contributed by atoms with E-state index in [2.05, 4.69) is 5.32 Å². The smallest absolute Gasteiger partial charge is 0.205 e. The number of ketones is 3. The fraction of sp³-hybridized carbons (Fsp3) is 0.387. The first-order chi connectivity index (χ1) is 19.3. The Morgan fingerprint density at radius 3 is 2.46 bits per heavy atom. The molecule has 10 heteroatoms. The number of aromatic hydroxyl groups is 2. The van der Waals surface area contributed by atoms with Crippen molar-refractivity contribution in [2.75, 3.05) is 31.4 Å². The van der Waals surface area contributed by atoms with Gasteiger partial charge in [0.25, 0.3) is 0 Å². The minimum Gasteiger partial charge on any atom is -0.508 e. The van der Waals surface area contributed by atoms with Gasteiger partial charge in [-0.25, -0.2) is 0 Å². The molecule has 0 spiro atoms. The first-order valence-electron chi connectivity index (χ1n) is 13.4. The standard InChI is InChI=1S/C31H34N2O8/c1-14-8-18-10-17-11-19-21(33(3)4)12-20(32-13-16-6-7-23(41-5)22(35)9-16)27(36)26(19)28(37)25(17)30(39)31(18,40)29(38)24(14)15(2)34/h6-7,9,12,17-18,32,35-36,39-40H,8,10-11,13H2,1-5H3/t17-,18-,31-/m0/s1. The number of hydrogen-bond acceptors (Lipinski definition) is 10. The van der Waals surface area contributed by atoms with Crippen LogP contribution >= 0.6 is 0 Å². The minimum absolute atomic E-state index is 0.0158. The molecular formula is C31H34N2O8. The fourth-order valence-corrected chi connectivity index (χ4v) is 6.65. The Morgan fingerprint density at radius 1 is 1.15 bits per heavy atom. The van der Waals surface area contributed by atoms with Gasteiger partial charge >= 0.3 is 0 Å². The van der Waals surface area contributed by atoms with Crippen molar-refractivity contribution in [3.8, 4) is 17.2 Å². The summed E-state index contributed by atoms with van der Waals surface area (Å²) < 4.78 is 5.08. The summed E-state index contributed by atoms with van der Waals surface area (Å²) in [5.41, 5.74) is 0.160. The molecule has 3 aliphatic carbocycles. The van der Waals surface area contributed by atoms with Crippen LogP contribution in [-0.4, -0.2) is 64.6 Å². The van der Waals surface area contributed by atoms with Crippen LogP contribution < -0.4 is 15.0 Å². The Bertz CT molecular complexity index is 1570. The van der Waals surface area contributed by atoms with Gasteiger partial charge in [-0.2, -0.15) is 0 Å². The molecule has 41 heavy (non-hydrogen) atoms. The maximum Gasteiger partial charge on any atom is 0.205 e. The number of carbonyl (C=O) groups is 3. The van der Waals surface area contributed by atoms with Crippen LogP contribution in [-0.2, 0) is 22.6 Å². The van der Waals surface area contributed by atoms with Crippen LogP contribution in [0.15, 0.2) is 46.7 Å². The third-order valence-corrected chi connectivity index (χ3v) is 8.60. The summed E-state index contributed by atoms with van der Waals surface area (Å²) in [7, 11) is 5.09. The van der Waals surface area contributed by atoms with Crippen molar-refractivity contribution >= 4 is 28.7 Å². The minimum atomic E-state index is -2.38. The Morgan fingerprint density at radius 2 is 1.85 bits per heavy atom. The van der Waals surface area contributed by atoms with E-state index in [4.69, 9.17) is 4.74 Å². The Labute approximate surface area is 237 Å². The van der Waals surface area contributed by atoms with Crippen LogP contribution in [0.2, 0.25) is 0 Å². The lowest BCUT2D eigenvalue weighted by Gasteiger charge is -2.46. The topological polar surface area (TPSA) is 157 Å². The summed E-state index contributed by atoms with van der Waals surface area (Å²) in [5.74, 6) is -4.02. The van der Waals surface area contributed by atoms with Gasteiger partial charge in [-0.1, -0.05) is 11.6 Å². The number of phenolic OH excluding ortho intramolecular Hbond substituents is 2. The average Bonchev–Trinajstić information content (AvgIpc) is 2.90. The van der Waals surface area contributed by atoms with E-state index in [0.29, 0.717) is 34.6 Å². The van der Waals surface area contributed by atoms with E-state index in [1.54, 1.807) is 25.1 Å². The molecule has 0 unspecified atom stereocenters. The number of hydrogen-bond donors (Lipinski definition) is 5. The molecule has 216 valence electrons. The SMILES string of the molecule is COc1ccc(CNc2cc(N(C)C)c3c(c2O)C(=O)C2=C(O)[C@@]4(O)C(=O)C(C(C)=O)=C(C)C[C@H]4C[C@H]2C3)cc1O. The molecule has 0 aliphatic heterocycles. The van der Waals surface area contributed by atoms with Crippen molar-refractivity contribution in [3.63, 3.8) is 0 Å². The van der Waals surface area contributed by atoms with Crippen LogP contribution in [0.1, 0.15) is 48.2 Å². The first kappa shape index (κ1) is 28.2. The summed E-state index contributed by atoms with van der Waals surface area (Å²) in [6.45, 7) is 3.12. The Balaban J connectivity index is 1.58. The molecule has 2 aromatic rings. The summed E-state index contributed by atoms with van der Waals surface area (Å²) in [6.07, 6.45) is 0.794. The number of carbonyl (C=O) groups excluding carboxylic acids is 3. The van der Waals surface area contributed by atoms with Gasteiger partial charge < -0.3 is 35.4 Å². The molecule has 5 rings (SSSR count). The largest absolute Gasteiger partial charge is 0.508 e. The maximum absolute atomic E-state index is 14.0. The number of methoxy groups -OCH3 is 1. The zero-order chi connectivity index (χ0) is 30.0. The summed E-state index contributed by atoms with van der Waals surface area (Å²) in [4.78, 5) is 41.5. The number of rotatable bonds is 6. The Hall–Kier alpha value is -4.31. The number of allylic oxidation sites excluding steroid dienone is 2. The lowest BCUT2D eigenvalue weighted by atomic mass is 9.59. The lowest BCUT2D eigenvalue weighted by molar-refractivity contribution is -0.143. The van der Waals surface area contributed by atoms with E-state index in [1.165, 1.54) is 20.1 Å². The van der Waals surface area contributed by atoms with Crippen molar-refractivity contribution in [1.29, 1.82) is 0 Å². The zero-order valence-corrected chi connectivity index (χ0v) is 23.7. The number of ether oxygens (including phenoxy) is 1. The second-order valence-corrected chi connectivity index (χ2v) is 11.3. The number of aliphatic hydroxyl groups is 2. The summed E-state index contributed by atoms with van der Waals surface area (Å²) >= 11 is 0. The van der Waals surface area contributed by atoms with E-state index in [1.807, 2.05) is 19.0 Å². The van der Waals surface area contributed by atoms with Crippen LogP contribution in [0.4, 0.5) is 11.4 Å². The molecule has 3 atom stereocenters. The predicted octanol–water partition coefficient (Wildman–Crippen LogP) is 3.58. The van der Waals surface area contributed by atoms with E-state index >= 15 is 0 Å². The van der Waals surface area contributed by atoms with Gasteiger partial charge in [0.1, 0.15) is 11.5 Å². The number of nitrogens with one attached hydrogen (secondary N) is 1. The molecule has 0 saturated heterocycles. The highest BCUT2D eigenvalue weighted by Crippen LogP contribution is 2.53. The molecule has 0 bridgehead atoms. The highest BCUT2D eigenvalue weighted by molar-refractivity contribution is 6.25. The normalized spacial score (nSPS) is 23.6. The third-order valence-electron chi connectivity index (χ3n) is 8.60. The van der Waals surface area contributed by atoms with Gasteiger partial charge in [0, 0.05) is 37.8 Å². The van der Waals surface area contributed by atoms with E-state index in [0.717, 1.165) is 0 Å². The second-order valence-electron chi connectivity index (χ2n) is 11.3. The lowest BCUT2D eigenvalue weighted by Crippen LogP contribution is -2.56. The van der Waals surface area contributed by atoms with E-state index in [9.17, 15) is 34.8 Å². The molecule has 3 aliphatic rings. The summed E-state index contributed by atoms with van der Waals surface area (Å²) in [6, 6.07) is 6.64. The van der Waals surface area contributed by atoms with Crippen molar-refractivity contribution in [2.24, 2.45) is 11.8 Å². The molecule has 0 heterocycles. The van der Waals surface area contributed by atoms with Crippen LogP contribution in [0.5, 0.6) is 17.2 Å². The maximum atomic E-state index is 14.0. The predicted molar refractivity (Wildman–Crippen MR) is 152 cm³/mol. The highest BCUT2D eigenvalue weighted by atomic mass is 16.5. The molecule has 0 saturated carbocycles. The van der Waals surface area contributed by atoms with Gasteiger partial charge in [-0.05, 0) is 68.4 Å². The number of fused-ring (bicyclic) bond motifs is 3. The quantitative estimate of drug-likeness (QED) is 0.260. The monoisotopic (exact) mass is 562 g/mol. The molecular weight excluding hydrogens is 528 g/mol. The molecule has 0 radical (unpaired) electrons. The van der Waals surface area contributed by atoms with Gasteiger partial charge in [0.05, 0.1) is 23.9 Å². The van der Waals surface area contributed by atoms with Crippen LogP contribution in [0.25, 0.3) is 0 Å². The van der Waals surface area contributed by atoms with Crippen molar-refractivity contribution in [1.82, 2.24) is 0 Å². The number of anilines is 2. The molecule has 0 fully saturated rings. The average molecular weight is 563 g/mol. The van der Waals surface area contributed by atoms with Gasteiger partial charge in [-0.15, -0.1) is 0 Å². The van der Waals surface area contributed by atoms with E-state index < -0.39 is 40.5 Å². The Kier molecular flexibility index (Phi) is 6.85. The first-order valence-corrected chi connectivity index (χ1v) is 13.4. The number of aliphatic hydroxyl groups excluding tert-OH is 1. The van der Waals surface area contributed by atoms with Crippen LogP contribution in [0.3, 0.4) is 0 Å². The molecule has 2 aromatic carbocycles. The van der Waals surface area contributed by atoms with Gasteiger partial charge in [-0.3, -0.25) is 14.4 Å². The fourth-order valence-electron chi connectivity index (χ4n) is 6.65. The van der Waals surface area contributed by atoms with Crippen LogP contribution in [0, 0.1) is 11.8 Å². The van der Waals surface area contributed by atoms with Crippen molar-refractivity contribution < 1.29 is 39.5 Å². The zero-order valence-electron chi connectivity index (χ0n) is 23.7. The van der Waals surface area contributed by atoms with Crippen molar-refractivity contribution in [3.05, 3.63) is 63.4 Å². The summed E-state index contributed by atoms with van der Waals surface area (Å²) in [5, 5.41) is 47.6. The van der Waals surface area contributed by atoms with E-state index in [-0.39, 0.29) is 53.3 Å². The molecule has 0 amide bonds.